The SMILES string of the molecule is Cc1ccc(S(=O)(=O)n2cc(C(=O)c3ccccc3)c3cc(C)ccc32)cc1. The van der Waals surface area contributed by atoms with Crippen LogP contribution in [-0.4, -0.2) is 18.2 Å². The molecular formula is C23H19NO3S. The number of carbonyl (C=O) groups is 1. The maximum atomic E-state index is 13.3. The number of benzene rings is 3. The van der Waals surface area contributed by atoms with E-state index in [4.69, 9.17) is 0 Å². The van der Waals surface area contributed by atoms with Gasteiger partial charge in [-0.1, -0.05) is 59.7 Å². The van der Waals surface area contributed by atoms with Crippen molar-refractivity contribution >= 4 is 26.7 Å². The van der Waals surface area contributed by atoms with Gasteiger partial charge >= 0.3 is 0 Å². The standard InChI is InChI=1S/C23H19NO3S/c1-16-8-11-19(12-9-16)28(26,27)24-15-21(20-14-17(2)10-13-22(20)24)23(25)18-6-4-3-5-7-18/h3-15H,1-2H3. The number of aryl methyl sites for hydroxylation is 2. The maximum Gasteiger partial charge on any atom is 0.268 e. The van der Waals surface area contributed by atoms with Gasteiger partial charge in [-0.2, -0.15) is 0 Å². The summed E-state index contributed by atoms with van der Waals surface area (Å²) in [5.41, 5.74) is 3.33. The average molecular weight is 389 g/mol. The van der Waals surface area contributed by atoms with Crippen LogP contribution in [0.5, 0.6) is 0 Å². The highest BCUT2D eigenvalue weighted by Crippen LogP contribution is 2.28. The highest BCUT2D eigenvalue weighted by atomic mass is 32.2. The zero-order valence-corrected chi connectivity index (χ0v) is 16.4. The van der Waals surface area contributed by atoms with E-state index in [9.17, 15) is 13.2 Å². The second-order valence-electron chi connectivity index (χ2n) is 6.87. The van der Waals surface area contributed by atoms with Crippen LogP contribution in [0, 0.1) is 13.8 Å². The number of rotatable bonds is 4. The molecule has 4 nitrogen and oxygen atoms in total. The Kier molecular flexibility index (Phi) is 4.40. The lowest BCUT2D eigenvalue weighted by atomic mass is 10.0. The Morgan fingerprint density at radius 2 is 1.46 bits per heavy atom. The summed E-state index contributed by atoms with van der Waals surface area (Å²) in [5.74, 6) is -0.200. The van der Waals surface area contributed by atoms with Crippen molar-refractivity contribution in [1.82, 2.24) is 3.97 Å². The normalized spacial score (nSPS) is 11.6. The topological polar surface area (TPSA) is 56.1 Å². The first-order valence-electron chi connectivity index (χ1n) is 8.91. The van der Waals surface area contributed by atoms with Crippen molar-refractivity contribution < 1.29 is 13.2 Å². The van der Waals surface area contributed by atoms with Gasteiger partial charge in [0, 0.05) is 22.7 Å². The molecule has 140 valence electrons. The van der Waals surface area contributed by atoms with Crippen LogP contribution in [0.3, 0.4) is 0 Å². The van der Waals surface area contributed by atoms with Gasteiger partial charge in [-0.25, -0.2) is 12.4 Å². The van der Waals surface area contributed by atoms with Gasteiger partial charge in [0.1, 0.15) is 0 Å². The molecule has 0 bridgehead atoms. The summed E-state index contributed by atoms with van der Waals surface area (Å²) in [6.45, 7) is 3.82. The first-order valence-corrected chi connectivity index (χ1v) is 10.4. The molecule has 5 heteroatoms. The predicted molar refractivity (Wildman–Crippen MR) is 110 cm³/mol. The van der Waals surface area contributed by atoms with Crippen LogP contribution in [0.15, 0.2) is 83.9 Å². The summed E-state index contributed by atoms with van der Waals surface area (Å²) in [6.07, 6.45) is 1.44. The molecule has 3 aromatic carbocycles. The highest BCUT2D eigenvalue weighted by molar-refractivity contribution is 7.90. The van der Waals surface area contributed by atoms with Crippen LogP contribution in [0.2, 0.25) is 0 Å². The molecule has 0 saturated carbocycles. The minimum atomic E-state index is -3.83. The van der Waals surface area contributed by atoms with Crippen molar-refractivity contribution in [2.24, 2.45) is 0 Å². The van der Waals surface area contributed by atoms with Gasteiger partial charge < -0.3 is 0 Å². The molecule has 4 rings (SSSR count). The first-order chi connectivity index (χ1) is 13.4. The number of fused-ring (bicyclic) bond motifs is 1. The van der Waals surface area contributed by atoms with E-state index >= 15 is 0 Å². The van der Waals surface area contributed by atoms with Crippen LogP contribution in [0.25, 0.3) is 10.9 Å². The van der Waals surface area contributed by atoms with Crippen molar-refractivity contribution in [3.8, 4) is 0 Å². The van der Waals surface area contributed by atoms with E-state index in [1.165, 1.54) is 10.2 Å². The molecule has 0 fully saturated rings. The molecular weight excluding hydrogens is 370 g/mol. The molecule has 0 aliphatic rings. The largest absolute Gasteiger partial charge is 0.289 e. The van der Waals surface area contributed by atoms with Crippen LogP contribution in [0.1, 0.15) is 27.0 Å². The number of nitrogens with zero attached hydrogens (tertiary/aromatic N) is 1. The first kappa shape index (κ1) is 18.2. The number of hydrogen-bond acceptors (Lipinski definition) is 3. The van der Waals surface area contributed by atoms with E-state index in [2.05, 4.69) is 0 Å². The maximum absolute atomic E-state index is 13.3. The Balaban J connectivity index is 1.96. The molecule has 4 aromatic rings. The molecule has 0 N–H and O–H groups in total. The van der Waals surface area contributed by atoms with E-state index in [-0.39, 0.29) is 10.7 Å². The van der Waals surface area contributed by atoms with E-state index in [1.807, 2.05) is 32.0 Å². The minimum Gasteiger partial charge on any atom is -0.289 e. The fourth-order valence-corrected chi connectivity index (χ4v) is 4.63. The molecule has 0 unspecified atom stereocenters. The summed E-state index contributed by atoms with van der Waals surface area (Å²) >= 11 is 0. The van der Waals surface area contributed by atoms with Crippen LogP contribution < -0.4 is 0 Å². The fourth-order valence-electron chi connectivity index (χ4n) is 3.26. The monoisotopic (exact) mass is 389 g/mol. The molecule has 28 heavy (non-hydrogen) atoms. The Hall–Kier alpha value is -3.18. The second kappa shape index (κ2) is 6.77. The Labute approximate surface area is 164 Å². The number of aromatic nitrogens is 1. The van der Waals surface area contributed by atoms with Gasteiger partial charge in [0.15, 0.2) is 5.78 Å². The van der Waals surface area contributed by atoms with Crippen molar-refractivity contribution in [3.63, 3.8) is 0 Å². The lowest BCUT2D eigenvalue weighted by molar-refractivity contribution is 0.104. The van der Waals surface area contributed by atoms with E-state index in [0.717, 1.165) is 11.1 Å². The summed E-state index contributed by atoms with van der Waals surface area (Å²) in [6, 6.07) is 21.0. The van der Waals surface area contributed by atoms with Gasteiger partial charge in [-0.3, -0.25) is 4.79 Å². The Morgan fingerprint density at radius 1 is 0.821 bits per heavy atom. The average Bonchev–Trinajstić information content (AvgIpc) is 3.08. The lowest BCUT2D eigenvalue weighted by Gasteiger charge is -2.08. The van der Waals surface area contributed by atoms with Crippen molar-refractivity contribution in [1.29, 1.82) is 0 Å². The number of carbonyl (C=O) groups excluding carboxylic acids is 1. The van der Waals surface area contributed by atoms with Crippen LogP contribution in [0.4, 0.5) is 0 Å². The molecule has 0 amide bonds. The zero-order chi connectivity index (χ0) is 19.9. The minimum absolute atomic E-state index is 0.189. The molecule has 0 radical (unpaired) electrons. The zero-order valence-electron chi connectivity index (χ0n) is 15.6. The second-order valence-corrected chi connectivity index (χ2v) is 8.69. The van der Waals surface area contributed by atoms with Gasteiger partial charge in [0.05, 0.1) is 10.4 Å². The molecule has 0 aliphatic heterocycles. The van der Waals surface area contributed by atoms with Crippen molar-refractivity contribution in [3.05, 3.63) is 101 Å². The number of hydrogen-bond donors (Lipinski definition) is 0. The van der Waals surface area contributed by atoms with Crippen LogP contribution >= 0.6 is 0 Å². The van der Waals surface area contributed by atoms with Crippen LogP contribution in [-0.2, 0) is 10.0 Å². The summed E-state index contributed by atoms with van der Waals surface area (Å²) in [4.78, 5) is 13.3. The van der Waals surface area contributed by atoms with Gasteiger partial charge in [-0.15, -0.1) is 0 Å². The van der Waals surface area contributed by atoms with Gasteiger partial charge in [0.2, 0.25) is 0 Å². The third-order valence-corrected chi connectivity index (χ3v) is 6.47. The van der Waals surface area contributed by atoms with Crippen molar-refractivity contribution in [2.75, 3.05) is 0 Å². The predicted octanol–water partition coefficient (Wildman–Crippen LogP) is 4.73. The van der Waals surface area contributed by atoms with Gasteiger partial charge in [-0.05, 0) is 38.1 Å². The Morgan fingerprint density at radius 3 is 2.14 bits per heavy atom. The molecule has 1 aromatic heterocycles. The van der Waals surface area contributed by atoms with E-state index in [0.29, 0.717) is 22.0 Å². The molecule has 0 saturated heterocycles. The third-order valence-electron chi connectivity index (χ3n) is 4.78. The highest BCUT2D eigenvalue weighted by Gasteiger charge is 2.24. The smallest absolute Gasteiger partial charge is 0.268 e. The van der Waals surface area contributed by atoms with Gasteiger partial charge in [0.25, 0.3) is 10.0 Å². The summed E-state index contributed by atoms with van der Waals surface area (Å²) in [7, 11) is -3.83. The van der Waals surface area contributed by atoms with E-state index < -0.39 is 10.0 Å². The lowest BCUT2D eigenvalue weighted by Crippen LogP contribution is -2.12. The quantitative estimate of drug-likeness (QED) is 0.474. The third kappa shape index (κ3) is 3.04. The molecule has 1 heterocycles. The summed E-state index contributed by atoms with van der Waals surface area (Å²) in [5, 5.41) is 0.629. The van der Waals surface area contributed by atoms with E-state index in [1.54, 1.807) is 54.6 Å². The fraction of sp³-hybridized carbons (Fsp3) is 0.0870. The van der Waals surface area contributed by atoms with Crippen molar-refractivity contribution in [2.45, 2.75) is 18.7 Å². The molecule has 0 spiro atoms. The molecule has 0 atom stereocenters. The molecule has 0 aliphatic carbocycles. The number of ketones is 1. The summed E-state index contributed by atoms with van der Waals surface area (Å²) < 4.78 is 27.7. The Bertz CT molecular complexity index is 1290.